The van der Waals surface area contributed by atoms with Gasteiger partial charge in [0.05, 0.1) is 12.7 Å². The number of aliphatic hydroxyl groups excluding tert-OH is 1. The molecule has 4 saturated carbocycles. The average Bonchev–Trinajstić information content (AvgIpc) is 3.00. The Morgan fingerprint density at radius 2 is 1.96 bits per heavy atom. The van der Waals surface area contributed by atoms with E-state index in [1.165, 1.54) is 19.8 Å². The van der Waals surface area contributed by atoms with Gasteiger partial charge in [-0.25, -0.2) is 0 Å². The summed E-state index contributed by atoms with van der Waals surface area (Å²) in [6.45, 7) is 6.35. The molecule has 0 aliphatic heterocycles. The molecule has 0 amide bonds. The van der Waals surface area contributed by atoms with Crippen LogP contribution in [0, 0.1) is 40.4 Å². The highest BCUT2D eigenvalue weighted by Crippen LogP contribution is 2.67. The zero-order valence-electron chi connectivity index (χ0n) is 17.2. The minimum atomic E-state index is -0.346. The zero-order valence-corrected chi connectivity index (χ0v) is 17.2. The Morgan fingerprint density at radius 1 is 1.19 bits per heavy atom. The highest BCUT2D eigenvalue weighted by Gasteiger charge is 2.62. The summed E-state index contributed by atoms with van der Waals surface area (Å²) in [5.74, 6) is 2.95. The van der Waals surface area contributed by atoms with Crippen LogP contribution < -0.4 is 0 Å². The van der Waals surface area contributed by atoms with Gasteiger partial charge >= 0.3 is 5.97 Å². The topological polar surface area (TPSA) is 63.6 Å². The first-order valence-corrected chi connectivity index (χ1v) is 11.1. The van der Waals surface area contributed by atoms with Gasteiger partial charge in [-0.3, -0.25) is 9.59 Å². The Labute approximate surface area is 163 Å². The molecule has 0 radical (unpaired) electrons. The molecule has 0 saturated heterocycles. The normalized spacial score (nSPS) is 47.6. The van der Waals surface area contributed by atoms with E-state index in [0.717, 1.165) is 44.9 Å². The number of hydrogen-bond acceptors (Lipinski definition) is 4. The number of carbonyl (C=O) groups excluding carboxylic acids is 2. The number of aliphatic hydroxyl groups is 1. The average molecular weight is 377 g/mol. The molecule has 4 aliphatic rings. The number of hydrogen-bond donors (Lipinski definition) is 1. The third kappa shape index (κ3) is 2.97. The second-order valence-corrected chi connectivity index (χ2v) is 10.4. The van der Waals surface area contributed by atoms with Crippen LogP contribution in [0.4, 0.5) is 0 Å². The highest BCUT2D eigenvalue weighted by atomic mass is 16.5. The van der Waals surface area contributed by atoms with Crippen molar-refractivity contribution in [2.24, 2.45) is 40.4 Å². The molecule has 4 fully saturated rings. The predicted molar refractivity (Wildman–Crippen MR) is 103 cm³/mol. The standard InChI is InChI=1S/C23H36O4/c1-14(24)19-6-7-21-18-5-4-16-12-17(26)8-10-22(16,3)20(18)9-11-23(19,21)13-27-15(2)25/h14,16,18-21,24H,4-13H2,1-3H3/t14-,16+,18-,19?,20+,21+,22?,23?/m1/s1. The molecule has 0 spiro atoms. The molecule has 8 atom stereocenters. The van der Waals surface area contributed by atoms with E-state index in [4.69, 9.17) is 4.74 Å². The molecular formula is C23H36O4. The van der Waals surface area contributed by atoms with Gasteiger partial charge in [0.15, 0.2) is 0 Å². The first kappa shape index (κ1) is 19.4. The van der Waals surface area contributed by atoms with Crippen LogP contribution in [0.15, 0.2) is 0 Å². The van der Waals surface area contributed by atoms with Crippen LogP contribution in [-0.2, 0) is 14.3 Å². The van der Waals surface area contributed by atoms with Gasteiger partial charge in [-0.05, 0) is 86.9 Å². The minimum absolute atomic E-state index is 0.0469. The number of fused-ring (bicyclic) bond motifs is 5. The second-order valence-electron chi connectivity index (χ2n) is 10.4. The maximum absolute atomic E-state index is 12.0. The van der Waals surface area contributed by atoms with Crippen LogP contribution >= 0.6 is 0 Å². The first-order chi connectivity index (χ1) is 12.8. The molecule has 4 aliphatic carbocycles. The summed E-state index contributed by atoms with van der Waals surface area (Å²) in [4.78, 5) is 23.6. The van der Waals surface area contributed by atoms with Gasteiger partial charge in [0, 0.05) is 25.2 Å². The fourth-order valence-electron chi connectivity index (χ4n) is 8.14. The van der Waals surface area contributed by atoms with E-state index in [1.807, 2.05) is 6.92 Å². The maximum atomic E-state index is 12.0. The van der Waals surface area contributed by atoms with Gasteiger partial charge in [-0.15, -0.1) is 0 Å². The van der Waals surface area contributed by atoms with Gasteiger partial charge in [-0.1, -0.05) is 6.92 Å². The fraction of sp³-hybridized carbons (Fsp3) is 0.913. The Balaban J connectivity index is 1.63. The summed E-state index contributed by atoms with van der Waals surface area (Å²) in [7, 11) is 0. The lowest BCUT2D eigenvalue weighted by Gasteiger charge is -2.60. The van der Waals surface area contributed by atoms with Gasteiger partial charge < -0.3 is 9.84 Å². The van der Waals surface area contributed by atoms with E-state index >= 15 is 0 Å². The van der Waals surface area contributed by atoms with E-state index in [9.17, 15) is 14.7 Å². The molecule has 4 rings (SSSR count). The largest absolute Gasteiger partial charge is 0.465 e. The smallest absolute Gasteiger partial charge is 0.302 e. The molecule has 152 valence electrons. The maximum Gasteiger partial charge on any atom is 0.302 e. The van der Waals surface area contributed by atoms with E-state index in [0.29, 0.717) is 41.5 Å². The molecule has 0 aromatic carbocycles. The summed E-state index contributed by atoms with van der Waals surface area (Å²) in [6, 6.07) is 0. The predicted octanol–water partition coefficient (Wildman–Crippen LogP) is 4.14. The van der Waals surface area contributed by atoms with Crippen LogP contribution in [0.25, 0.3) is 0 Å². The first-order valence-electron chi connectivity index (χ1n) is 11.1. The summed E-state index contributed by atoms with van der Waals surface area (Å²) >= 11 is 0. The van der Waals surface area contributed by atoms with Gasteiger partial charge in [-0.2, -0.15) is 0 Å². The molecule has 0 aromatic heterocycles. The van der Waals surface area contributed by atoms with Crippen LogP contribution in [0.1, 0.15) is 78.6 Å². The van der Waals surface area contributed by atoms with Crippen molar-refractivity contribution in [1.29, 1.82) is 0 Å². The quantitative estimate of drug-likeness (QED) is 0.752. The second kappa shape index (κ2) is 6.86. The van der Waals surface area contributed by atoms with Crippen molar-refractivity contribution in [2.75, 3.05) is 6.61 Å². The number of ketones is 1. The van der Waals surface area contributed by atoms with Crippen LogP contribution in [0.5, 0.6) is 0 Å². The lowest BCUT2D eigenvalue weighted by Crippen LogP contribution is -2.56. The summed E-state index contributed by atoms with van der Waals surface area (Å²) in [5.41, 5.74) is 0.252. The summed E-state index contributed by atoms with van der Waals surface area (Å²) < 4.78 is 5.60. The van der Waals surface area contributed by atoms with Crippen molar-refractivity contribution >= 4 is 11.8 Å². The Hall–Kier alpha value is -0.900. The molecule has 4 nitrogen and oxygen atoms in total. The SMILES string of the molecule is CC(=O)OCC12CC[C@H]3[C@@H](CC[C@H]4CC(=O)CCC43C)[C@@H]1CCC2[C@@H](C)O. The molecule has 0 heterocycles. The lowest BCUT2D eigenvalue weighted by atomic mass is 9.44. The number of ether oxygens (including phenoxy) is 1. The fourth-order valence-corrected chi connectivity index (χ4v) is 8.14. The van der Waals surface area contributed by atoms with Crippen LogP contribution in [0.3, 0.4) is 0 Å². The van der Waals surface area contributed by atoms with Gasteiger partial charge in [0.1, 0.15) is 5.78 Å². The molecule has 4 heteroatoms. The van der Waals surface area contributed by atoms with Crippen LogP contribution in [0.2, 0.25) is 0 Å². The molecule has 1 N–H and O–H groups in total. The van der Waals surface area contributed by atoms with Crippen molar-refractivity contribution in [1.82, 2.24) is 0 Å². The van der Waals surface area contributed by atoms with E-state index in [-0.39, 0.29) is 23.4 Å². The lowest BCUT2D eigenvalue weighted by molar-refractivity contribution is -0.164. The van der Waals surface area contributed by atoms with Crippen molar-refractivity contribution < 1.29 is 19.4 Å². The minimum Gasteiger partial charge on any atom is -0.465 e. The third-order valence-electron chi connectivity index (χ3n) is 9.39. The number of carbonyl (C=O) groups is 2. The van der Waals surface area contributed by atoms with E-state index in [1.54, 1.807) is 0 Å². The van der Waals surface area contributed by atoms with Gasteiger partial charge in [0.25, 0.3) is 0 Å². The van der Waals surface area contributed by atoms with E-state index in [2.05, 4.69) is 6.92 Å². The monoisotopic (exact) mass is 376 g/mol. The number of rotatable bonds is 3. The summed E-state index contributed by atoms with van der Waals surface area (Å²) in [6.07, 6.45) is 9.05. The molecule has 0 aromatic rings. The Morgan fingerprint density at radius 3 is 2.67 bits per heavy atom. The highest BCUT2D eigenvalue weighted by molar-refractivity contribution is 5.79. The summed E-state index contributed by atoms with van der Waals surface area (Å²) in [5, 5.41) is 10.5. The Bertz CT molecular complexity index is 613. The Kier molecular flexibility index (Phi) is 4.93. The molecule has 3 unspecified atom stereocenters. The zero-order chi connectivity index (χ0) is 19.4. The van der Waals surface area contributed by atoms with Crippen LogP contribution in [-0.4, -0.2) is 29.6 Å². The van der Waals surface area contributed by atoms with E-state index < -0.39 is 0 Å². The molecule has 27 heavy (non-hydrogen) atoms. The molecule has 0 bridgehead atoms. The number of Topliss-reactive ketones (excluding diaryl/α,β-unsaturated/α-hetero) is 1. The van der Waals surface area contributed by atoms with Crippen molar-refractivity contribution in [2.45, 2.75) is 84.7 Å². The van der Waals surface area contributed by atoms with Gasteiger partial charge in [0.2, 0.25) is 0 Å². The van der Waals surface area contributed by atoms with Crippen molar-refractivity contribution in [3.63, 3.8) is 0 Å². The molecular weight excluding hydrogens is 340 g/mol. The third-order valence-corrected chi connectivity index (χ3v) is 9.39. The van der Waals surface area contributed by atoms with Crippen molar-refractivity contribution in [3.05, 3.63) is 0 Å². The number of esters is 1. The van der Waals surface area contributed by atoms with Crippen molar-refractivity contribution in [3.8, 4) is 0 Å².